The third kappa shape index (κ3) is 7.21. The quantitative estimate of drug-likeness (QED) is 0.418. The van der Waals surface area contributed by atoms with Crippen LogP contribution in [-0.4, -0.2) is 63.3 Å². The molecule has 1 amide bonds. The van der Waals surface area contributed by atoms with E-state index in [2.05, 4.69) is 5.32 Å². The van der Waals surface area contributed by atoms with Crippen LogP contribution in [0.5, 0.6) is 0 Å². The topological polar surface area (TPSA) is 102 Å². The molecule has 0 aliphatic carbocycles. The summed E-state index contributed by atoms with van der Waals surface area (Å²) in [6, 6.07) is 13.1. The van der Waals surface area contributed by atoms with Gasteiger partial charge in [0.1, 0.15) is 0 Å². The van der Waals surface area contributed by atoms with E-state index in [9.17, 15) is 18.0 Å². The zero-order valence-electron chi connectivity index (χ0n) is 17.2. The van der Waals surface area contributed by atoms with E-state index in [1.165, 1.54) is 40.3 Å². The van der Waals surface area contributed by atoms with E-state index in [0.29, 0.717) is 42.8 Å². The Labute approximate surface area is 196 Å². The molecule has 0 saturated carbocycles. The third-order valence-corrected chi connectivity index (χ3v) is 7.68. The minimum absolute atomic E-state index is 0.141. The molecule has 0 aromatic heterocycles. The third-order valence-electron chi connectivity index (χ3n) is 4.50. The van der Waals surface area contributed by atoms with Gasteiger partial charge in [-0.15, -0.1) is 11.8 Å². The first-order valence-corrected chi connectivity index (χ1v) is 12.7. The normalized spacial score (nSPS) is 14.7. The molecule has 0 bridgehead atoms. The van der Waals surface area contributed by atoms with Crippen molar-refractivity contribution in [1.82, 2.24) is 4.31 Å². The van der Waals surface area contributed by atoms with Crippen molar-refractivity contribution in [3.8, 4) is 0 Å². The molecule has 11 heteroatoms. The first kappa shape index (κ1) is 24.5. The van der Waals surface area contributed by atoms with Crippen molar-refractivity contribution in [2.24, 2.45) is 0 Å². The molecule has 1 fully saturated rings. The molecule has 1 aliphatic heterocycles. The van der Waals surface area contributed by atoms with E-state index in [0.717, 1.165) is 4.90 Å². The number of nitrogens with one attached hydrogen (secondary N) is 1. The summed E-state index contributed by atoms with van der Waals surface area (Å²) in [6.45, 7) is 0.935. The van der Waals surface area contributed by atoms with Gasteiger partial charge < -0.3 is 14.8 Å². The standard InChI is InChI=1S/C21H23ClN2O6S2/c22-16-1-5-18(6-2-16)31-14-9-21(26)30-15-20(25)23-17-3-7-19(8-4-17)32(27,28)24-10-12-29-13-11-24/h1-8H,9-15H2,(H,23,25). The van der Waals surface area contributed by atoms with Gasteiger partial charge in [0, 0.05) is 34.4 Å². The largest absolute Gasteiger partial charge is 0.456 e. The number of carbonyl (C=O) groups excluding carboxylic acids is 2. The van der Waals surface area contributed by atoms with Crippen molar-refractivity contribution in [3.63, 3.8) is 0 Å². The van der Waals surface area contributed by atoms with Crippen LogP contribution < -0.4 is 5.32 Å². The summed E-state index contributed by atoms with van der Waals surface area (Å²) in [5.41, 5.74) is 0.408. The van der Waals surface area contributed by atoms with Gasteiger partial charge in [-0.2, -0.15) is 4.31 Å². The molecule has 3 rings (SSSR count). The van der Waals surface area contributed by atoms with E-state index >= 15 is 0 Å². The summed E-state index contributed by atoms with van der Waals surface area (Å²) >= 11 is 7.32. The Morgan fingerprint density at radius 3 is 2.38 bits per heavy atom. The summed E-state index contributed by atoms with van der Waals surface area (Å²) in [6.07, 6.45) is 0.161. The molecule has 1 heterocycles. The summed E-state index contributed by atoms with van der Waals surface area (Å²) in [7, 11) is -3.60. The number of thioether (sulfide) groups is 1. The number of esters is 1. The molecular formula is C21H23ClN2O6S2. The highest BCUT2D eigenvalue weighted by molar-refractivity contribution is 7.99. The number of morpholine rings is 1. The van der Waals surface area contributed by atoms with Gasteiger partial charge in [-0.25, -0.2) is 8.42 Å². The molecule has 2 aromatic carbocycles. The number of hydrogen-bond acceptors (Lipinski definition) is 7. The van der Waals surface area contributed by atoms with Crippen LogP contribution in [0.2, 0.25) is 5.02 Å². The van der Waals surface area contributed by atoms with Crippen molar-refractivity contribution in [3.05, 3.63) is 53.6 Å². The minimum atomic E-state index is -3.60. The Balaban J connectivity index is 1.40. The number of ether oxygens (including phenoxy) is 2. The average molecular weight is 499 g/mol. The highest BCUT2D eigenvalue weighted by atomic mass is 35.5. The Morgan fingerprint density at radius 2 is 1.72 bits per heavy atom. The molecule has 8 nitrogen and oxygen atoms in total. The maximum absolute atomic E-state index is 12.6. The van der Waals surface area contributed by atoms with Crippen molar-refractivity contribution < 1.29 is 27.5 Å². The Bertz CT molecular complexity index is 1020. The lowest BCUT2D eigenvalue weighted by molar-refractivity contribution is -0.146. The fourth-order valence-electron chi connectivity index (χ4n) is 2.84. The fraction of sp³-hybridized carbons (Fsp3) is 0.333. The van der Waals surface area contributed by atoms with Crippen LogP contribution in [0.15, 0.2) is 58.3 Å². The highest BCUT2D eigenvalue weighted by Gasteiger charge is 2.26. The predicted octanol–water partition coefficient (Wildman–Crippen LogP) is 3.03. The molecule has 172 valence electrons. The molecule has 2 aromatic rings. The number of nitrogens with zero attached hydrogens (tertiary/aromatic N) is 1. The maximum atomic E-state index is 12.6. The molecule has 0 atom stereocenters. The zero-order valence-corrected chi connectivity index (χ0v) is 19.5. The van der Waals surface area contributed by atoms with Crippen LogP contribution in [0.1, 0.15) is 6.42 Å². The molecule has 1 N–H and O–H groups in total. The summed E-state index contributed by atoms with van der Waals surface area (Å²) in [5, 5.41) is 3.23. The fourth-order valence-corrected chi connectivity index (χ4v) is 5.21. The monoisotopic (exact) mass is 498 g/mol. The number of hydrogen-bond donors (Lipinski definition) is 1. The first-order chi connectivity index (χ1) is 15.3. The Kier molecular flexibility index (Phi) is 8.94. The van der Waals surface area contributed by atoms with Crippen molar-refractivity contribution in [2.75, 3.05) is 44.0 Å². The molecule has 0 unspecified atom stereocenters. The second-order valence-electron chi connectivity index (χ2n) is 6.80. The number of carbonyl (C=O) groups is 2. The smallest absolute Gasteiger partial charge is 0.307 e. The van der Waals surface area contributed by atoms with Gasteiger partial charge >= 0.3 is 5.97 Å². The second-order valence-corrected chi connectivity index (χ2v) is 10.3. The molecule has 1 aliphatic rings. The van der Waals surface area contributed by atoms with Crippen LogP contribution in [0.25, 0.3) is 0 Å². The lowest BCUT2D eigenvalue weighted by Gasteiger charge is -2.26. The number of halogens is 1. The summed E-state index contributed by atoms with van der Waals surface area (Å²) < 4.78 is 36.8. The van der Waals surface area contributed by atoms with Gasteiger partial charge in [0.25, 0.3) is 5.91 Å². The van der Waals surface area contributed by atoms with Gasteiger partial charge in [0.2, 0.25) is 10.0 Å². The van der Waals surface area contributed by atoms with E-state index in [4.69, 9.17) is 21.1 Å². The summed E-state index contributed by atoms with van der Waals surface area (Å²) in [5.74, 6) is -0.470. The number of sulfonamides is 1. The lowest BCUT2D eigenvalue weighted by Crippen LogP contribution is -2.40. The number of amides is 1. The van der Waals surface area contributed by atoms with Crippen LogP contribution in [0.4, 0.5) is 5.69 Å². The molecular weight excluding hydrogens is 476 g/mol. The molecule has 32 heavy (non-hydrogen) atoms. The van der Waals surface area contributed by atoms with Crippen molar-refractivity contribution in [2.45, 2.75) is 16.2 Å². The van der Waals surface area contributed by atoms with E-state index in [1.54, 1.807) is 12.1 Å². The van der Waals surface area contributed by atoms with E-state index < -0.39 is 28.5 Å². The van der Waals surface area contributed by atoms with E-state index in [1.807, 2.05) is 12.1 Å². The first-order valence-electron chi connectivity index (χ1n) is 9.86. The number of anilines is 1. The molecule has 1 saturated heterocycles. The predicted molar refractivity (Wildman–Crippen MR) is 122 cm³/mol. The van der Waals surface area contributed by atoms with Gasteiger partial charge in [-0.1, -0.05) is 11.6 Å². The lowest BCUT2D eigenvalue weighted by atomic mass is 10.3. The highest BCUT2D eigenvalue weighted by Crippen LogP contribution is 2.21. The van der Waals surface area contributed by atoms with Crippen molar-refractivity contribution >= 4 is 50.9 Å². The van der Waals surface area contributed by atoms with Crippen LogP contribution in [-0.2, 0) is 29.1 Å². The van der Waals surface area contributed by atoms with Gasteiger partial charge in [0.05, 0.1) is 24.5 Å². The SMILES string of the molecule is O=C(COC(=O)CCSc1ccc(Cl)cc1)Nc1ccc(S(=O)(=O)N2CCOCC2)cc1. The molecule has 0 spiro atoms. The Hall–Kier alpha value is -2.11. The Morgan fingerprint density at radius 1 is 1.06 bits per heavy atom. The zero-order chi connectivity index (χ0) is 23.0. The van der Waals surface area contributed by atoms with Crippen LogP contribution >= 0.6 is 23.4 Å². The van der Waals surface area contributed by atoms with Crippen LogP contribution in [0, 0.1) is 0 Å². The number of rotatable bonds is 9. The van der Waals surface area contributed by atoms with Gasteiger partial charge in [0.15, 0.2) is 6.61 Å². The van der Waals surface area contributed by atoms with Gasteiger partial charge in [-0.05, 0) is 48.5 Å². The number of benzene rings is 2. The minimum Gasteiger partial charge on any atom is -0.456 e. The van der Waals surface area contributed by atoms with Gasteiger partial charge in [-0.3, -0.25) is 9.59 Å². The van der Waals surface area contributed by atoms with E-state index in [-0.39, 0.29) is 11.3 Å². The summed E-state index contributed by atoms with van der Waals surface area (Å²) in [4.78, 5) is 25.0. The van der Waals surface area contributed by atoms with Crippen molar-refractivity contribution in [1.29, 1.82) is 0 Å². The maximum Gasteiger partial charge on any atom is 0.307 e. The van der Waals surface area contributed by atoms with Crippen LogP contribution in [0.3, 0.4) is 0 Å². The molecule has 0 radical (unpaired) electrons. The average Bonchev–Trinajstić information content (AvgIpc) is 2.80. The second kappa shape index (κ2) is 11.7.